The number of carbonyl (C=O) groups is 2. The molecule has 3 rings (SSSR count). The van der Waals surface area contributed by atoms with Gasteiger partial charge in [0.15, 0.2) is 5.88 Å². The van der Waals surface area contributed by atoms with Crippen LogP contribution in [-0.4, -0.2) is 102 Å². The van der Waals surface area contributed by atoms with Crippen LogP contribution in [0.15, 0.2) is 24.3 Å². The molecule has 2 fully saturated rings. The molecule has 12 atom stereocenters. The standard InChI is InChI=1S/C41H75N7O7/c1-23(37(44)45)19-46-21-28-11-12-32(42)35(54-28)16-30-33(43)17-34(48-38(51)24(2)20-47-25(3)55-40(7,8)9)31(36(30)50)15-29-14-26(41(10,52)22-53-29)13-27(49)18-39(4,5)6/h11,23-24,26,29-36,46-47,50,52H,3,12-22,42-43H2,1-2,4-10H3,(H3,44,45)(H,48,51)/t23?,24-,26+,29?,30+,31-,32+,33?,34+,35+,36-,41-/m0/s1. The van der Waals surface area contributed by atoms with Crippen LogP contribution in [0.4, 0.5) is 0 Å². The summed E-state index contributed by atoms with van der Waals surface area (Å²) in [5.74, 6) is -0.530. The predicted molar refractivity (Wildman–Crippen MR) is 216 cm³/mol. The maximum atomic E-state index is 13.7. The van der Waals surface area contributed by atoms with Crippen LogP contribution in [0.25, 0.3) is 0 Å². The maximum absolute atomic E-state index is 13.7. The number of aliphatic hydroxyl groups is 2. The maximum Gasteiger partial charge on any atom is 0.224 e. The number of nitrogens with one attached hydrogen (secondary N) is 4. The van der Waals surface area contributed by atoms with E-state index in [1.54, 1.807) is 6.92 Å². The van der Waals surface area contributed by atoms with Gasteiger partial charge in [0.1, 0.15) is 23.2 Å². The van der Waals surface area contributed by atoms with E-state index in [1.807, 2.05) is 61.5 Å². The number of hydrogen-bond donors (Lipinski definition) is 9. The Morgan fingerprint density at radius 3 is 2.36 bits per heavy atom. The molecule has 1 aliphatic carbocycles. The van der Waals surface area contributed by atoms with Crippen molar-refractivity contribution in [2.45, 2.75) is 155 Å². The van der Waals surface area contributed by atoms with Crippen LogP contribution in [0.5, 0.6) is 0 Å². The number of aliphatic hydroxyl groups excluding tert-OH is 1. The third-order valence-electron chi connectivity index (χ3n) is 11.2. The fourth-order valence-electron chi connectivity index (χ4n) is 7.96. The topological polar surface area (TPSA) is 240 Å². The summed E-state index contributed by atoms with van der Waals surface area (Å²) in [4.78, 5) is 26.7. The summed E-state index contributed by atoms with van der Waals surface area (Å²) in [7, 11) is 0. The molecule has 316 valence electrons. The second-order valence-corrected chi connectivity index (χ2v) is 19.1. The Balaban J connectivity index is 1.78. The zero-order valence-corrected chi connectivity index (χ0v) is 35.1. The van der Waals surface area contributed by atoms with E-state index in [2.05, 4.69) is 22.5 Å². The summed E-state index contributed by atoms with van der Waals surface area (Å²) in [5.41, 5.74) is 17.3. The van der Waals surface area contributed by atoms with Gasteiger partial charge < -0.3 is 57.6 Å². The SMILES string of the molecule is C=C(NC[C@H](C)C(=O)N[C@@H]1CC(N)[C@@H](C[C@H]2OC(CNCC(C)C(=N)N)=CC[C@H]2N)[C@H](O)[C@H]1CC1C[C@@H](CC(=O)CC(C)(C)C)[C@@](C)(O)CO1)OC(C)(C)C. The number of amidine groups is 1. The van der Waals surface area contributed by atoms with Gasteiger partial charge in [0.25, 0.3) is 0 Å². The highest BCUT2D eigenvalue weighted by Gasteiger charge is 2.48. The molecule has 14 nitrogen and oxygen atoms in total. The molecule has 14 heteroatoms. The lowest BCUT2D eigenvalue weighted by Gasteiger charge is -2.48. The second kappa shape index (κ2) is 19.6. The molecule has 1 saturated carbocycles. The molecule has 3 aliphatic rings. The summed E-state index contributed by atoms with van der Waals surface area (Å²) in [5, 5.41) is 40.8. The van der Waals surface area contributed by atoms with E-state index >= 15 is 0 Å². The molecule has 1 amide bonds. The lowest BCUT2D eigenvalue weighted by atomic mass is 9.67. The lowest BCUT2D eigenvalue weighted by molar-refractivity contribution is -0.162. The van der Waals surface area contributed by atoms with Gasteiger partial charge in [-0.3, -0.25) is 15.0 Å². The molecule has 1 saturated heterocycles. The third-order valence-corrected chi connectivity index (χ3v) is 11.2. The normalized spacial score (nSPS) is 32.7. The van der Waals surface area contributed by atoms with E-state index < -0.39 is 47.3 Å². The molecular weight excluding hydrogens is 702 g/mol. The van der Waals surface area contributed by atoms with Crippen molar-refractivity contribution in [1.82, 2.24) is 16.0 Å². The van der Waals surface area contributed by atoms with E-state index in [9.17, 15) is 19.8 Å². The van der Waals surface area contributed by atoms with Crippen molar-refractivity contribution >= 4 is 17.5 Å². The molecule has 0 aromatic rings. The number of carbonyl (C=O) groups excluding carboxylic acids is 2. The molecule has 2 aliphatic heterocycles. The molecule has 0 aromatic heterocycles. The van der Waals surface area contributed by atoms with Crippen LogP contribution in [0.3, 0.4) is 0 Å². The van der Waals surface area contributed by atoms with Gasteiger partial charge in [-0.05, 0) is 83.8 Å². The molecule has 0 bridgehead atoms. The minimum Gasteiger partial charge on any atom is -0.492 e. The van der Waals surface area contributed by atoms with Crippen molar-refractivity contribution in [3.63, 3.8) is 0 Å². The van der Waals surface area contributed by atoms with E-state index in [-0.39, 0.29) is 65.9 Å². The smallest absolute Gasteiger partial charge is 0.224 e. The fraction of sp³-hybridized carbons (Fsp3) is 0.829. The average molecular weight is 778 g/mol. The van der Waals surface area contributed by atoms with Gasteiger partial charge in [-0.2, -0.15) is 0 Å². The van der Waals surface area contributed by atoms with Crippen LogP contribution >= 0.6 is 0 Å². The molecule has 3 unspecified atom stereocenters. The van der Waals surface area contributed by atoms with Gasteiger partial charge in [0.2, 0.25) is 5.91 Å². The zero-order chi connectivity index (χ0) is 41.5. The van der Waals surface area contributed by atoms with Gasteiger partial charge in [-0.1, -0.05) is 34.6 Å². The van der Waals surface area contributed by atoms with E-state index in [0.29, 0.717) is 64.0 Å². The molecule has 0 spiro atoms. The van der Waals surface area contributed by atoms with Crippen LogP contribution in [0, 0.1) is 40.4 Å². The fourth-order valence-corrected chi connectivity index (χ4v) is 7.96. The number of rotatable bonds is 18. The molecule has 0 radical (unpaired) electrons. The van der Waals surface area contributed by atoms with E-state index in [0.717, 1.165) is 5.76 Å². The van der Waals surface area contributed by atoms with Gasteiger partial charge in [-0.15, -0.1) is 0 Å². The number of hydrogen-bond acceptors (Lipinski definition) is 12. The van der Waals surface area contributed by atoms with E-state index in [4.69, 9.17) is 36.8 Å². The van der Waals surface area contributed by atoms with Gasteiger partial charge in [-0.25, -0.2) is 0 Å². The minimum absolute atomic E-state index is 0.0657. The molecule has 2 heterocycles. The summed E-state index contributed by atoms with van der Waals surface area (Å²) in [6.07, 6.45) is 3.25. The first-order chi connectivity index (χ1) is 25.3. The Kier molecular flexibility index (Phi) is 16.6. The Labute approximate surface area is 330 Å². The zero-order valence-electron chi connectivity index (χ0n) is 35.1. The highest BCUT2D eigenvalue weighted by Crippen LogP contribution is 2.41. The Hall–Kier alpha value is -2.75. The number of ketones is 1. The summed E-state index contributed by atoms with van der Waals surface area (Å²) >= 11 is 0. The van der Waals surface area contributed by atoms with Crippen molar-refractivity contribution < 1.29 is 34.0 Å². The average Bonchev–Trinajstić information content (AvgIpc) is 3.04. The number of Topliss-reactive ketones (excluding diaryl/α,β-unsaturated/α-hetero) is 1. The van der Waals surface area contributed by atoms with Gasteiger partial charge >= 0.3 is 0 Å². The predicted octanol–water partition coefficient (Wildman–Crippen LogP) is 2.80. The van der Waals surface area contributed by atoms with Gasteiger partial charge in [0, 0.05) is 61.8 Å². The number of ether oxygens (including phenoxy) is 3. The molecule has 0 aromatic carbocycles. The molecular formula is C41H75N7O7. The minimum atomic E-state index is -1.17. The summed E-state index contributed by atoms with van der Waals surface area (Å²) in [6, 6.07) is -1.21. The third kappa shape index (κ3) is 14.9. The highest BCUT2D eigenvalue weighted by molar-refractivity contribution is 5.80. The first kappa shape index (κ1) is 46.6. The Morgan fingerprint density at radius 2 is 1.75 bits per heavy atom. The Bertz CT molecular complexity index is 1340. The lowest BCUT2D eigenvalue weighted by Crippen LogP contribution is -2.60. The first-order valence-corrected chi connectivity index (χ1v) is 20.2. The first-order valence-electron chi connectivity index (χ1n) is 20.2. The molecule has 12 N–H and O–H groups in total. The van der Waals surface area contributed by atoms with Crippen molar-refractivity contribution in [3.8, 4) is 0 Å². The van der Waals surface area contributed by atoms with Crippen molar-refractivity contribution in [1.29, 1.82) is 5.41 Å². The van der Waals surface area contributed by atoms with Gasteiger partial charge in [0.05, 0.1) is 42.7 Å². The number of nitrogens with two attached hydrogens (primary N) is 3. The highest BCUT2D eigenvalue weighted by atomic mass is 16.5. The van der Waals surface area contributed by atoms with Crippen LogP contribution in [0.1, 0.15) is 107 Å². The quantitative estimate of drug-likeness (QED) is 0.0555. The number of amides is 1. The second-order valence-electron chi connectivity index (χ2n) is 19.1. The van der Waals surface area contributed by atoms with Crippen molar-refractivity contribution in [3.05, 3.63) is 24.3 Å². The summed E-state index contributed by atoms with van der Waals surface area (Å²) in [6.45, 7) is 22.5. The van der Waals surface area contributed by atoms with Crippen LogP contribution in [0.2, 0.25) is 0 Å². The van der Waals surface area contributed by atoms with Crippen LogP contribution in [-0.2, 0) is 23.8 Å². The van der Waals surface area contributed by atoms with Crippen molar-refractivity contribution in [2.75, 3.05) is 26.2 Å². The van der Waals surface area contributed by atoms with Crippen LogP contribution < -0.4 is 33.2 Å². The van der Waals surface area contributed by atoms with Crippen molar-refractivity contribution in [2.24, 2.45) is 52.2 Å². The Morgan fingerprint density at radius 1 is 1.07 bits per heavy atom. The molecule has 55 heavy (non-hydrogen) atoms. The van der Waals surface area contributed by atoms with E-state index in [1.165, 1.54) is 0 Å². The largest absolute Gasteiger partial charge is 0.492 e. The summed E-state index contributed by atoms with van der Waals surface area (Å²) < 4.78 is 18.4. The monoisotopic (exact) mass is 778 g/mol.